The van der Waals surface area contributed by atoms with Gasteiger partial charge in [-0.05, 0) is 43.3 Å². The Balaban J connectivity index is 2.06. The average Bonchev–Trinajstić information content (AvgIpc) is 2.67. The highest BCUT2D eigenvalue weighted by Crippen LogP contribution is 2.31. The fourth-order valence-electron chi connectivity index (χ4n) is 2.20. The lowest BCUT2D eigenvalue weighted by Gasteiger charge is -2.16. The van der Waals surface area contributed by atoms with Crippen LogP contribution in [0.3, 0.4) is 0 Å². The Bertz CT molecular complexity index is 840. The molecule has 1 amide bonds. The standard InChI is InChI=1S/C19H18N2O5/c1-12(18(22)21-14-9-7-13(11-20)8-10-14)26-19(23)15-5-4-6-16(24-2)17(15)25-3/h4-10,12H,1-3H3,(H,21,22)/t12-/m0/s1. The van der Waals surface area contributed by atoms with Crippen molar-refractivity contribution in [3.63, 3.8) is 0 Å². The van der Waals surface area contributed by atoms with Crippen LogP contribution >= 0.6 is 0 Å². The number of nitriles is 1. The lowest BCUT2D eigenvalue weighted by atomic mass is 10.2. The van der Waals surface area contributed by atoms with E-state index in [0.717, 1.165) is 0 Å². The van der Waals surface area contributed by atoms with E-state index in [0.29, 0.717) is 17.0 Å². The van der Waals surface area contributed by atoms with Gasteiger partial charge >= 0.3 is 5.97 Å². The molecule has 0 saturated heterocycles. The van der Waals surface area contributed by atoms with E-state index in [1.54, 1.807) is 36.4 Å². The summed E-state index contributed by atoms with van der Waals surface area (Å²) in [6.45, 7) is 1.46. The van der Waals surface area contributed by atoms with Crippen LogP contribution in [0.25, 0.3) is 0 Å². The number of amides is 1. The zero-order valence-corrected chi connectivity index (χ0v) is 14.6. The summed E-state index contributed by atoms with van der Waals surface area (Å²) in [5.74, 6) is -0.579. The van der Waals surface area contributed by atoms with E-state index in [9.17, 15) is 9.59 Å². The molecule has 0 aliphatic carbocycles. The number of benzene rings is 2. The molecule has 2 aromatic carbocycles. The predicted molar refractivity (Wildman–Crippen MR) is 94.2 cm³/mol. The van der Waals surface area contributed by atoms with Crippen LogP contribution in [0.1, 0.15) is 22.8 Å². The smallest absolute Gasteiger partial charge is 0.342 e. The van der Waals surface area contributed by atoms with Crippen molar-refractivity contribution in [2.75, 3.05) is 19.5 Å². The summed E-state index contributed by atoms with van der Waals surface area (Å²) in [5.41, 5.74) is 1.13. The number of rotatable bonds is 6. The number of nitrogens with one attached hydrogen (secondary N) is 1. The lowest BCUT2D eigenvalue weighted by molar-refractivity contribution is -0.123. The van der Waals surface area contributed by atoms with E-state index in [-0.39, 0.29) is 11.3 Å². The van der Waals surface area contributed by atoms with Gasteiger partial charge in [-0.15, -0.1) is 0 Å². The Hall–Kier alpha value is -3.53. The maximum absolute atomic E-state index is 12.4. The summed E-state index contributed by atoms with van der Waals surface area (Å²) >= 11 is 0. The molecule has 7 heteroatoms. The first-order valence-electron chi connectivity index (χ1n) is 7.73. The number of para-hydroxylation sites is 1. The molecule has 7 nitrogen and oxygen atoms in total. The molecule has 2 rings (SSSR count). The molecule has 0 aliphatic heterocycles. The number of esters is 1. The quantitative estimate of drug-likeness (QED) is 0.801. The summed E-state index contributed by atoms with van der Waals surface area (Å²) in [6.07, 6.45) is -1.03. The van der Waals surface area contributed by atoms with Gasteiger partial charge in [0.05, 0.1) is 25.9 Å². The summed E-state index contributed by atoms with van der Waals surface area (Å²) in [7, 11) is 2.87. The number of anilines is 1. The summed E-state index contributed by atoms with van der Waals surface area (Å²) in [4.78, 5) is 24.6. The molecular weight excluding hydrogens is 336 g/mol. The number of carbonyl (C=O) groups excluding carboxylic acids is 2. The highest BCUT2D eigenvalue weighted by molar-refractivity contribution is 5.98. The number of carbonyl (C=O) groups is 2. The van der Waals surface area contributed by atoms with Gasteiger partial charge in [-0.1, -0.05) is 6.07 Å². The van der Waals surface area contributed by atoms with Crippen LogP contribution in [-0.4, -0.2) is 32.2 Å². The van der Waals surface area contributed by atoms with Crippen LogP contribution in [0.2, 0.25) is 0 Å². The van der Waals surface area contributed by atoms with E-state index in [2.05, 4.69) is 5.32 Å². The zero-order valence-electron chi connectivity index (χ0n) is 14.6. The molecule has 0 bridgehead atoms. The number of methoxy groups -OCH3 is 2. The molecule has 1 atom stereocenters. The second-order valence-electron chi connectivity index (χ2n) is 5.27. The molecule has 0 aromatic heterocycles. The molecule has 0 spiro atoms. The van der Waals surface area contributed by atoms with Crippen molar-refractivity contribution < 1.29 is 23.8 Å². The van der Waals surface area contributed by atoms with Crippen molar-refractivity contribution in [3.8, 4) is 17.6 Å². The van der Waals surface area contributed by atoms with Crippen molar-refractivity contribution in [3.05, 3.63) is 53.6 Å². The minimum atomic E-state index is -1.03. The maximum Gasteiger partial charge on any atom is 0.342 e. The average molecular weight is 354 g/mol. The van der Waals surface area contributed by atoms with E-state index in [4.69, 9.17) is 19.5 Å². The van der Waals surface area contributed by atoms with Gasteiger partial charge in [0.25, 0.3) is 5.91 Å². The van der Waals surface area contributed by atoms with Crippen LogP contribution < -0.4 is 14.8 Å². The van der Waals surface area contributed by atoms with Crippen molar-refractivity contribution in [2.24, 2.45) is 0 Å². The Morgan fingerprint density at radius 3 is 2.35 bits per heavy atom. The molecular formula is C19H18N2O5. The third-order valence-electron chi connectivity index (χ3n) is 3.56. The predicted octanol–water partition coefficient (Wildman–Crippen LogP) is 2.76. The normalized spacial score (nSPS) is 11.0. The minimum Gasteiger partial charge on any atom is -0.493 e. The van der Waals surface area contributed by atoms with Gasteiger partial charge in [0.1, 0.15) is 5.56 Å². The van der Waals surface area contributed by atoms with Gasteiger partial charge in [-0.25, -0.2) is 4.79 Å². The van der Waals surface area contributed by atoms with Crippen molar-refractivity contribution in [1.29, 1.82) is 5.26 Å². The second kappa shape index (κ2) is 8.53. The number of hydrogen-bond donors (Lipinski definition) is 1. The molecule has 0 aliphatic rings. The van der Waals surface area contributed by atoms with E-state index < -0.39 is 18.0 Å². The monoisotopic (exact) mass is 354 g/mol. The first-order valence-corrected chi connectivity index (χ1v) is 7.73. The van der Waals surface area contributed by atoms with Gasteiger partial charge in [-0.3, -0.25) is 4.79 Å². The molecule has 0 fully saturated rings. The highest BCUT2D eigenvalue weighted by Gasteiger charge is 2.23. The van der Waals surface area contributed by atoms with Gasteiger partial charge in [0.2, 0.25) is 0 Å². The Labute approximate surface area is 151 Å². The van der Waals surface area contributed by atoms with Crippen LogP contribution in [-0.2, 0) is 9.53 Å². The Morgan fingerprint density at radius 1 is 1.08 bits per heavy atom. The Kier molecular flexibility index (Phi) is 6.17. The first-order chi connectivity index (χ1) is 12.5. The maximum atomic E-state index is 12.4. The topological polar surface area (TPSA) is 97.6 Å². The van der Waals surface area contributed by atoms with Crippen LogP contribution in [0.15, 0.2) is 42.5 Å². The van der Waals surface area contributed by atoms with Crippen LogP contribution in [0, 0.1) is 11.3 Å². The molecule has 134 valence electrons. The molecule has 0 unspecified atom stereocenters. The van der Waals surface area contributed by atoms with Gasteiger partial charge < -0.3 is 19.5 Å². The number of nitrogens with zero attached hydrogens (tertiary/aromatic N) is 1. The van der Waals surface area contributed by atoms with E-state index in [1.165, 1.54) is 27.2 Å². The largest absolute Gasteiger partial charge is 0.493 e. The second-order valence-corrected chi connectivity index (χ2v) is 5.27. The molecule has 2 aromatic rings. The molecule has 0 radical (unpaired) electrons. The number of hydrogen-bond acceptors (Lipinski definition) is 6. The molecule has 0 saturated carbocycles. The highest BCUT2D eigenvalue weighted by atomic mass is 16.6. The minimum absolute atomic E-state index is 0.157. The van der Waals surface area contributed by atoms with Gasteiger partial charge in [0.15, 0.2) is 17.6 Å². The third-order valence-corrected chi connectivity index (χ3v) is 3.56. The summed E-state index contributed by atoms with van der Waals surface area (Å²) in [5, 5.41) is 11.4. The summed E-state index contributed by atoms with van der Waals surface area (Å²) < 4.78 is 15.6. The van der Waals surface area contributed by atoms with E-state index >= 15 is 0 Å². The molecule has 1 N–H and O–H groups in total. The van der Waals surface area contributed by atoms with Gasteiger partial charge in [-0.2, -0.15) is 5.26 Å². The van der Waals surface area contributed by atoms with Gasteiger partial charge in [0, 0.05) is 5.69 Å². The van der Waals surface area contributed by atoms with Crippen molar-refractivity contribution in [2.45, 2.75) is 13.0 Å². The lowest BCUT2D eigenvalue weighted by Crippen LogP contribution is -2.30. The fourth-order valence-corrected chi connectivity index (χ4v) is 2.20. The van der Waals surface area contributed by atoms with Crippen LogP contribution in [0.5, 0.6) is 11.5 Å². The van der Waals surface area contributed by atoms with Crippen LogP contribution in [0.4, 0.5) is 5.69 Å². The first kappa shape index (κ1) is 18.8. The van der Waals surface area contributed by atoms with E-state index in [1.807, 2.05) is 6.07 Å². The molecule has 0 heterocycles. The Morgan fingerprint density at radius 2 is 1.77 bits per heavy atom. The summed E-state index contributed by atoms with van der Waals surface area (Å²) in [6, 6.07) is 13.1. The third kappa shape index (κ3) is 4.30. The van der Waals surface area contributed by atoms with Crippen molar-refractivity contribution >= 4 is 17.6 Å². The molecule has 26 heavy (non-hydrogen) atoms. The van der Waals surface area contributed by atoms with Crippen molar-refractivity contribution in [1.82, 2.24) is 0 Å². The zero-order chi connectivity index (χ0) is 19.1. The number of ether oxygens (including phenoxy) is 3. The SMILES string of the molecule is COc1cccc(C(=O)O[C@@H](C)C(=O)Nc2ccc(C#N)cc2)c1OC. The fraction of sp³-hybridized carbons (Fsp3) is 0.211.